The van der Waals surface area contributed by atoms with Crippen molar-refractivity contribution >= 4 is 27.4 Å². The number of nitrogens with zero attached hydrogens (tertiary/aromatic N) is 1. The third-order valence-corrected chi connectivity index (χ3v) is 5.25. The normalized spacial score (nSPS) is 15.1. The Bertz CT molecular complexity index is 714. The number of nitrogens with one attached hydrogen (secondary N) is 1. The summed E-state index contributed by atoms with van der Waals surface area (Å²) >= 11 is 3.45. The van der Waals surface area contributed by atoms with Gasteiger partial charge in [-0.05, 0) is 51.0 Å². The molecule has 1 saturated carbocycles. The number of benzene rings is 1. The topological polar surface area (TPSA) is 34.0 Å². The maximum atomic E-state index is 12.6. The third-order valence-electron chi connectivity index (χ3n) is 4.75. The van der Waals surface area contributed by atoms with Gasteiger partial charge in [-0.15, -0.1) is 0 Å². The van der Waals surface area contributed by atoms with Gasteiger partial charge >= 0.3 is 0 Å². The second-order valence-corrected chi connectivity index (χ2v) is 7.30. The summed E-state index contributed by atoms with van der Waals surface area (Å²) in [4.78, 5) is 12.6. The highest BCUT2D eigenvalue weighted by molar-refractivity contribution is 9.10. The highest BCUT2D eigenvalue weighted by Crippen LogP contribution is 2.33. The lowest BCUT2D eigenvalue weighted by Crippen LogP contribution is -2.15. The quantitative estimate of drug-likeness (QED) is 0.722. The summed E-state index contributed by atoms with van der Waals surface area (Å²) < 4.78 is 3.38. The third kappa shape index (κ3) is 3.52. The minimum absolute atomic E-state index is 0.155. The standard InChI is InChI=1S/C19H23BrN2O/c1-13-10-18(14(2)22(13)17-8-3-4-9-17)19(23)12-21-16-7-5-6-15(20)11-16/h5-7,10-11,17,21H,3-4,8-9,12H2,1-2H3. The van der Waals surface area contributed by atoms with Crippen LogP contribution in [0.15, 0.2) is 34.8 Å². The van der Waals surface area contributed by atoms with Crippen molar-refractivity contribution in [3.05, 3.63) is 51.8 Å². The van der Waals surface area contributed by atoms with E-state index in [0.717, 1.165) is 21.4 Å². The first-order valence-electron chi connectivity index (χ1n) is 8.27. The van der Waals surface area contributed by atoms with E-state index >= 15 is 0 Å². The highest BCUT2D eigenvalue weighted by Gasteiger charge is 2.23. The number of anilines is 1. The van der Waals surface area contributed by atoms with Gasteiger partial charge < -0.3 is 9.88 Å². The fourth-order valence-corrected chi connectivity index (χ4v) is 4.06. The molecule has 4 heteroatoms. The average molecular weight is 375 g/mol. The molecule has 0 amide bonds. The zero-order valence-electron chi connectivity index (χ0n) is 13.7. The van der Waals surface area contributed by atoms with Gasteiger partial charge in [-0.2, -0.15) is 0 Å². The van der Waals surface area contributed by atoms with Crippen molar-refractivity contribution < 1.29 is 4.79 Å². The van der Waals surface area contributed by atoms with Gasteiger partial charge in [0.1, 0.15) is 0 Å². The zero-order valence-corrected chi connectivity index (χ0v) is 15.3. The van der Waals surface area contributed by atoms with Gasteiger partial charge in [0.2, 0.25) is 0 Å². The minimum atomic E-state index is 0.155. The molecule has 1 aliphatic carbocycles. The first kappa shape index (κ1) is 16.3. The monoisotopic (exact) mass is 374 g/mol. The number of carbonyl (C=O) groups excluding carboxylic acids is 1. The lowest BCUT2D eigenvalue weighted by molar-refractivity contribution is 0.101. The summed E-state index contributed by atoms with van der Waals surface area (Å²) in [6.07, 6.45) is 5.07. The average Bonchev–Trinajstić information content (AvgIpc) is 3.13. The van der Waals surface area contributed by atoms with E-state index in [4.69, 9.17) is 0 Å². The molecule has 2 aromatic rings. The number of carbonyl (C=O) groups is 1. The van der Waals surface area contributed by atoms with E-state index < -0.39 is 0 Å². The van der Waals surface area contributed by atoms with Crippen LogP contribution in [0.3, 0.4) is 0 Å². The maximum absolute atomic E-state index is 12.6. The number of hydrogen-bond donors (Lipinski definition) is 1. The van der Waals surface area contributed by atoms with Crippen LogP contribution in [0.5, 0.6) is 0 Å². The van der Waals surface area contributed by atoms with Gasteiger partial charge in [0.05, 0.1) is 6.54 Å². The zero-order chi connectivity index (χ0) is 16.4. The van der Waals surface area contributed by atoms with Crippen LogP contribution < -0.4 is 5.32 Å². The fraction of sp³-hybridized carbons (Fsp3) is 0.421. The Morgan fingerprint density at radius 3 is 2.70 bits per heavy atom. The van der Waals surface area contributed by atoms with Crippen molar-refractivity contribution in [2.75, 3.05) is 11.9 Å². The summed E-state index contributed by atoms with van der Waals surface area (Å²) in [5.74, 6) is 0.155. The van der Waals surface area contributed by atoms with Crippen LogP contribution in [0.2, 0.25) is 0 Å². The summed E-state index contributed by atoms with van der Waals surface area (Å²) in [6.45, 7) is 4.52. The fourth-order valence-electron chi connectivity index (χ4n) is 3.66. The van der Waals surface area contributed by atoms with Crippen LogP contribution in [-0.4, -0.2) is 16.9 Å². The first-order chi connectivity index (χ1) is 11.1. The van der Waals surface area contributed by atoms with Crippen LogP contribution in [-0.2, 0) is 0 Å². The molecule has 1 aliphatic rings. The highest BCUT2D eigenvalue weighted by atomic mass is 79.9. The molecule has 1 fully saturated rings. The molecule has 0 spiro atoms. The Kier molecular flexibility index (Phi) is 4.90. The number of aromatic nitrogens is 1. The summed E-state index contributed by atoms with van der Waals surface area (Å²) in [5.41, 5.74) is 4.14. The van der Waals surface area contributed by atoms with Gasteiger partial charge in [0.25, 0.3) is 0 Å². The smallest absolute Gasteiger partial charge is 0.183 e. The molecule has 0 atom stereocenters. The predicted molar refractivity (Wildman–Crippen MR) is 98.4 cm³/mol. The van der Waals surface area contributed by atoms with Crippen LogP contribution in [0, 0.1) is 13.8 Å². The van der Waals surface area contributed by atoms with E-state index in [2.05, 4.69) is 45.7 Å². The molecular formula is C19H23BrN2O. The molecule has 3 nitrogen and oxygen atoms in total. The number of rotatable bonds is 5. The Hall–Kier alpha value is -1.55. The molecule has 0 radical (unpaired) electrons. The van der Waals surface area contributed by atoms with E-state index in [0.29, 0.717) is 12.6 Å². The van der Waals surface area contributed by atoms with Crippen molar-refractivity contribution in [3.63, 3.8) is 0 Å². The summed E-state index contributed by atoms with van der Waals surface area (Å²) in [6, 6.07) is 10.5. The van der Waals surface area contributed by atoms with Crippen LogP contribution >= 0.6 is 15.9 Å². The molecule has 1 aromatic heterocycles. The van der Waals surface area contributed by atoms with Gasteiger partial charge in [-0.1, -0.05) is 34.8 Å². The SMILES string of the molecule is Cc1cc(C(=O)CNc2cccc(Br)c2)c(C)n1C1CCCC1. The van der Waals surface area contributed by atoms with Crippen LogP contribution in [0.4, 0.5) is 5.69 Å². The van der Waals surface area contributed by atoms with E-state index in [1.807, 2.05) is 24.3 Å². The van der Waals surface area contributed by atoms with Crippen molar-refractivity contribution in [3.8, 4) is 0 Å². The molecule has 0 aliphatic heterocycles. The number of halogens is 1. The molecule has 23 heavy (non-hydrogen) atoms. The Balaban J connectivity index is 1.73. The molecular weight excluding hydrogens is 352 g/mol. The van der Waals surface area contributed by atoms with Gasteiger partial charge in [0, 0.05) is 33.2 Å². The minimum Gasteiger partial charge on any atom is -0.378 e. The number of Topliss-reactive ketones (excluding diaryl/α,β-unsaturated/α-hetero) is 1. The Morgan fingerprint density at radius 2 is 2.00 bits per heavy atom. The predicted octanol–water partition coefficient (Wildman–Crippen LogP) is 5.28. The Labute approximate surface area is 146 Å². The second kappa shape index (κ2) is 6.91. The molecule has 0 saturated heterocycles. The molecule has 0 unspecified atom stereocenters. The molecule has 3 rings (SSSR count). The lowest BCUT2D eigenvalue weighted by Gasteiger charge is -2.17. The van der Waals surface area contributed by atoms with Crippen LogP contribution in [0.25, 0.3) is 0 Å². The largest absolute Gasteiger partial charge is 0.378 e. The Morgan fingerprint density at radius 1 is 1.26 bits per heavy atom. The summed E-state index contributed by atoms with van der Waals surface area (Å²) in [5, 5.41) is 3.22. The lowest BCUT2D eigenvalue weighted by atomic mass is 10.1. The van der Waals surface area contributed by atoms with Crippen molar-refractivity contribution in [2.45, 2.75) is 45.6 Å². The van der Waals surface area contributed by atoms with Gasteiger partial charge in [-0.25, -0.2) is 0 Å². The molecule has 1 heterocycles. The van der Waals surface area contributed by atoms with E-state index in [1.54, 1.807) is 0 Å². The molecule has 122 valence electrons. The number of aryl methyl sites for hydroxylation is 1. The van der Waals surface area contributed by atoms with Crippen molar-refractivity contribution in [1.82, 2.24) is 4.57 Å². The molecule has 1 aromatic carbocycles. The van der Waals surface area contributed by atoms with E-state index in [1.165, 1.54) is 31.4 Å². The van der Waals surface area contributed by atoms with Gasteiger partial charge in [0.15, 0.2) is 5.78 Å². The number of ketones is 1. The summed E-state index contributed by atoms with van der Waals surface area (Å²) in [7, 11) is 0. The van der Waals surface area contributed by atoms with E-state index in [-0.39, 0.29) is 5.78 Å². The van der Waals surface area contributed by atoms with Crippen molar-refractivity contribution in [2.24, 2.45) is 0 Å². The molecule has 1 N–H and O–H groups in total. The number of hydrogen-bond acceptors (Lipinski definition) is 2. The van der Waals surface area contributed by atoms with Crippen molar-refractivity contribution in [1.29, 1.82) is 0 Å². The van der Waals surface area contributed by atoms with Gasteiger partial charge in [-0.3, -0.25) is 4.79 Å². The second-order valence-electron chi connectivity index (χ2n) is 6.38. The van der Waals surface area contributed by atoms with E-state index in [9.17, 15) is 4.79 Å². The van der Waals surface area contributed by atoms with Crippen LogP contribution in [0.1, 0.15) is 53.5 Å². The molecule has 0 bridgehead atoms. The first-order valence-corrected chi connectivity index (χ1v) is 9.06. The maximum Gasteiger partial charge on any atom is 0.183 e.